The van der Waals surface area contributed by atoms with E-state index in [-0.39, 0.29) is 35.6 Å². The first-order valence-corrected chi connectivity index (χ1v) is 9.43. The van der Waals surface area contributed by atoms with Crippen LogP contribution in [0.15, 0.2) is 52.2 Å². The number of fused-ring (bicyclic) bond motifs is 1. The van der Waals surface area contributed by atoms with Gasteiger partial charge in [0.1, 0.15) is 29.4 Å². The number of allylic oxidation sites excluding steroid dienone is 1. The number of nitrogens with one attached hydrogen (secondary N) is 1. The van der Waals surface area contributed by atoms with Crippen LogP contribution < -0.4 is 16.8 Å². The van der Waals surface area contributed by atoms with Gasteiger partial charge >= 0.3 is 0 Å². The van der Waals surface area contributed by atoms with Crippen molar-refractivity contribution < 1.29 is 13.7 Å². The highest BCUT2D eigenvalue weighted by molar-refractivity contribution is 6.11. The number of rotatable bonds is 5. The van der Waals surface area contributed by atoms with Crippen LogP contribution in [0, 0.1) is 5.82 Å². The van der Waals surface area contributed by atoms with Crippen molar-refractivity contribution in [3.63, 3.8) is 0 Å². The molecule has 2 aromatic heterocycles. The van der Waals surface area contributed by atoms with Crippen LogP contribution in [-0.2, 0) is 16.8 Å². The summed E-state index contributed by atoms with van der Waals surface area (Å²) in [6, 6.07) is 7.94. The number of nitrogens with two attached hydrogens (primary N) is 2. The number of aromatic nitrogens is 3. The zero-order valence-corrected chi connectivity index (χ0v) is 16.9. The summed E-state index contributed by atoms with van der Waals surface area (Å²) in [6.45, 7) is 3.55. The van der Waals surface area contributed by atoms with Crippen molar-refractivity contribution >= 4 is 29.0 Å². The molecule has 158 valence electrons. The monoisotopic (exact) mass is 421 g/mol. The van der Waals surface area contributed by atoms with Crippen LogP contribution >= 0.6 is 0 Å². The van der Waals surface area contributed by atoms with Crippen LogP contribution in [0.4, 0.5) is 16.0 Å². The Kier molecular flexibility index (Phi) is 4.97. The van der Waals surface area contributed by atoms with Gasteiger partial charge in [-0.1, -0.05) is 23.4 Å². The minimum absolute atomic E-state index is 0.0656. The number of hydrogen-bond acceptors (Lipinski definition) is 8. The lowest BCUT2D eigenvalue weighted by molar-refractivity contribution is -0.119. The summed E-state index contributed by atoms with van der Waals surface area (Å²) in [7, 11) is 0. The molecule has 1 amide bonds. The van der Waals surface area contributed by atoms with E-state index in [1.165, 1.54) is 18.4 Å². The molecule has 0 saturated carbocycles. The normalized spacial score (nSPS) is 15.6. The molecule has 1 aromatic carbocycles. The highest BCUT2D eigenvalue weighted by Crippen LogP contribution is 2.39. The van der Waals surface area contributed by atoms with E-state index in [9.17, 15) is 9.18 Å². The molecule has 10 heteroatoms. The SMILES string of the molecule is CC1(C)C(=O)Nc2nc(/C(N)=C/C(=NCc3ccccc3F)c3ccon3)nc(N)c21. The molecule has 0 unspecified atom stereocenters. The molecule has 0 bridgehead atoms. The lowest BCUT2D eigenvalue weighted by Crippen LogP contribution is -2.27. The maximum absolute atomic E-state index is 14.0. The average Bonchev–Trinajstić information content (AvgIpc) is 3.33. The molecule has 5 N–H and O–H groups in total. The Labute approximate surface area is 177 Å². The van der Waals surface area contributed by atoms with Crippen LogP contribution in [0.5, 0.6) is 0 Å². The van der Waals surface area contributed by atoms with E-state index in [4.69, 9.17) is 16.0 Å². The minimum Gasteiger partial charge on any atom is -0.396 e. The topological polar surface area (TPSA) is 145 Å². The van der Waals surface area contributed by atoms with Gasteiger partial charge < -0.3 is 21.3 Å². The van der Waals surface area contributed by atoms with Gasteiger partial charge in [0, 0.05) is 11.6 Å². The molecule has 3 aromatic rings. The third kappa shape index (κ3) is 3.75. The minimum atomic E-state index is -0.844. The highest BCUT2D eigenvalue weighted by Gasteiger charge is 2.42. The van der Waals surface area contributed by atoms with Crippen molar-refractivity contribution in [2.24, 2.45) is 10.7 Å². The van der Waals surface area contributed by atoms with Crippen molar-refractivity contribution in [3.05, 3.63) is 71.1 Å². The van der Waals surface area contributed by atoms with Crippen molar-refractivity contribution in [1.82, 2.24) is 15.1 Å². The molecule has 9 nitrogen and oxygen atoms in total. The van der Waals surface area contributed by atoms with E-state index in [0.29, 0.717) is 28.4 Å². The summed E-state index contributed by atoms with van der Waals surface area (Å²) in [6.07, 6.45) is 2.89. The third-order valence-electron chi connectivity index (χ3n) is 4.99. The highest BCUT2D eigenvalue weighted by atomic mass is 19.1. The second kappa shape index (κ2) is 7.63. The first-order valence-electron chi connectivity index (χ1n) is 9.43. The van der Waals surface area contributed by atoms with E-state index in [1.54, 1.807) is 38.1 Å². The number of halogens is 1. The van der Waals surface area contributed by atoms with Gasteiger partial charge in [-0.2, -0.15) is 0 Å². The quantitative estimate of drug-likeness (QED) is 0.536. The molecule has 3 heterocycles. The van der Waals surface area contributed by atoms with Gasteiger partial charge in [-0.3, -0.25) is 9.79 Å². The number of nitrogens with zero attached hydrogens (tertiary/aromatic N) is 4. The van der Waals surface area contributed by atoms with Crippen LogP contribution in [0.2, 0.25) is 0 Å². The zero-order valence-electron chi connectivity index (χ0n) is 16.9. The molecular weight excluding hydrogens is 401 g/mol. The number of benzene rings is 1. The van der Waals surface area contributed by atoms with Gasteiger partial charge in [0.15, 0.2) is 5.82 Å². The molecule has 0 aliphatic carbocycles. The predicted molar refractivity (Wildman–Crippen MR) is 113 cm³/mol. The number of carbonyl (C=O) groups is 1. The Hall–Kier alpha value is -4.08. The summed E-state index contributed by atoms with van der Waals surface area (Å²) in [5, 5.41) is 6.59. The number of aliphatic imine (C=N–C) groups is 1. The van der Waals surface area contributed by atoms with Crippen molar-refractivity contribution in [2.75, 3.05) is 11.1 Å². The molecule has 0 atom stereocenters. The Morgan fingerprint density at radius 2 is 2.06 bits per heavy atom. The number of nitrogen functional groups attached to an aromatic ring is 1. The molecular formula is C21H20FN7O2. The predicted octanol–water partition coefficient (Wildman–Crippen LogP) is 2.40. The van der Waals surface area contributed by atoms with E-state index < -0.39 is 5.41 Å². The Morgan fingerprint density at radius 1 is 1.29 bits per heavy atom. The largest absolute Gasteiger partial charge is 0.396 e. The van der Waals surface area contributed by atoms with Crippen molar-refractivity contribution in [1.29, 1.82) is 0 Å². The van der Waals surface area contributed by atoms with Crippen molar-refractivity contribution in [2.45, 2.75) is 25.8 Å². The van der Waals surface area contributed by atoms with Crippen LogP contribution in [-0.4, -0.2) is 26.7 Å². The summed E-state index contributed by atoms with van der Waals surface area (Å²) < 4.78 is 18.9. The molecule has 1 aliphatic heterocycles. The standard InChI is InChI=1S/C21H20FN7O2/c1-21(2)16-17(24)26-18(27-19(16)28-20(21)30)13(23)9-15(14-7-8-31-29-14)25-10-11-5-3-4-6-12(11)22/h3-9H,10,23H2,1-2H3,(H3,24,26,27,28,30)/b13-9-,25-15?. The summed E-state index contributed by atoms with van der Waals surface area (Å²) in [5.74, 6) is 0.0103. The Bertz CT molecular complexity index is 1220. The molecule has 0 fully saturated rings. The average molecular weight is 421 g/mol. The van der Waals surface area contributed by atoms with Crippen LogP contribution in [0.3, 0.4) is 0 Å². The van der Waals surface area contributed by atoms with Gasteiger partial charge in [-0.05, 0) is 26.0 Å². The van der Waals surface area contributed by atoms with E-state index in [1.807, 2.05) is 0 Å². The van der Waals surface area contributed by atoms with E-state index in [0.717, 1.165) is 0 Å². The fraction of sp³-hybridized carbons (Fsp3) is 0.190. The number of carbonyl (C=O) groups excluding carboxylic acids is 1. The smallest absolute Gasteiger partial charge is 0.235 e. The number of hydrogen-bond donors (Lipinski definition) is 3. The Morgan fingerprint density at radius 3 is 2.77 bits per heavy atom. The van der Waals surface area contributed by atoms with Crippen molar-refractivity contribution in [3.8, 4) is 0 Å². The summed E-state index contributed by atoms with van der Waals surface area (Å²) in [5.41, 5.74) is 13.3. The fourth-order valence-corrected chi connectivity index (χ4v) is 3.25. The maximum atomic E-state index is 14.0. The lowest BCUT2D eigenvalue weighted by Gasteiger charge is -2.16. The van der Waals surface area contributed by atoms with Gasteiger partial charge in [-0.15, -0.1) is 0 Å². The summed E-state index contributed by atoms with van der Waals surface area (Å²) in [4.78, 5) is 25.3. The maximum Gasteiger partial charge on any atom is 0.235 e. The molecule has 4 rings (SSSR count). The first-order chi connectivity index (χ1) is 14.8. The summed E-state index contributed by atoms with van der Waals surface area (Å²) >= 11 is 0. The first kappa shape index (κ1) is 20.2. The van der Waals surface area contributed by atoms with Gasteiger partial charge in [0.25, 0.3) is 0 Å². The van der Waals surface area contributed by atoms with Gasteiger partial charge in [-0.25, -0.2) is 14.4 Å². The Balaban J connectivity index is 1.71. The molecule has 31 heavy (non-hydrogen) atoms. The molecule has 0 spiro atoms. The molecule has 1 aliphatic rings. The number of amides is 1. The van der Waals surface area contributed by atoms with Crippen LogP contribution in [0.25, 0.3) is 5.70 Å². The fourth-order valence-electron chi connectivity index (χ4n) is 3.25. The second-order valence-electron chi connectivity index (χ2n) is 7.51. The van der Waals surface area contributed by atoms with E-state index in [2.05, 4.69) is 25.4 Å². The lowest BCUT2D eigenvalue weighted by atomic mass is 9.87. The van der Waals surface area contributed by atoms with Gasteiger partial charge in [0.05, 0.1) is 28.9 Å². The number of anilines is 2. The molecule has 0 saturated heterocycles. The van der Waals surface area contributed by atoms with Gasteiger partial charge in [0.2, 0.25) is 5.91 Å². The zero-order chi connectivity index (χ0) is 22.2. The molecule has 0 radical (unpaired) electrons. The second-order valence-corrected chi connectivity index (χ2v) is 7.51. The third-order valence-corrected chi connectivity index (χ3v) is 4.99. The van der Waals surface area contributed by atoms with E-state index >= 15 is 0 Å². The van der Waals surface area contributed by atoms with Crippen LogP contribution in [0.1, 0.15) is 36.5 Å².